The quantitative estimate of drug-likeness (QED) is 0.364. The Labute approximate surface area is 187 Å². The molecule has 0 unspecified atom stereocenters. The van der Waals surface area contributed by atoms with Crippen molar-refractivity contribution < 1.29 is 19.0 Å². The van der Waals surface area contributed by atoms with Crippen molar-refractivity contribution in [2.24, 2.45) is 0 Å². The van der Waals surface area contributed by atoms with Crippen molar-refractivity contribution in [3.8, 4) is 27.8 Å². The van der Waals surface area contributed by atoms with E-state index < -0.39 is 0 Å². The molecular weight excluding hydrogens is 432 g/mol. The highest BCUT2D eigenvalue weighted by atomic mass is 32.1. The molecule has 0 aliphatic rings. The lowest BCUT2D eigenvalue weighted by molar-refractivity contribution is -0.111. The number of aromatic nitrogens is 1. The Kier molecular flexibility index (Phi) is 6.20. The van der Waals surface area contributed by atoms with Crippen LogP contribution in [-0.4, -0.2) is 32.2 Å². The number of nitrogens with zero attached hydrogens (tertiary/aromatic N) is 1. The molecule has 2 aromatic heterocycles. The number of thiazole rings is 1. The number of hydrogen-bond acceptors (Lipinski definition) is 7. The molecule has 4 aromatic rings. The Bertz CT molecular complexity index is 1200. The number of nitrogens with one attached hydrogen (secondary N) is 1. The predicted molar refractivity (Wildman–Crippen MR) is 127 cm³/mol. The highest BCUT2D eigenvalue weighted by Crippen LogP contribution is 2.39. The first-order chi connectivity index (χ1) is 15.1. The molecule has 158 valence electrons. The van der Waals surface area contributed by atoms with Crippen LogP contribution in [0.15, 0.2) is 53.9 Å². The van der Waals surface area contributed by atoms with Crippen LogP contribution in [0.3, 0.4) is 0 Å². The normalized spacial score (nSPS) is 11.1. The first-order valence-corrected chi connectivity index (χ1v) is 11.0. The molecule has 6 nitrogen and oxygen atoms in total. The summed E-state index contributed by atoms with van der Waals surface area (Å²) in [6.07, 6.45) is 3.17. The zero-order valence-corrected chi connectivity index (χ0v) is 18.8. The van der Waals surface area contributed by atoms with Gasteiger partial charge in [0.05, 0.1) is 31.5 Å². The Hall–Kier alpha value is -3.36. The average Bonchev–Trinajstić information content (AvgIpc) is 3.43. The van der Waals surface area contributed by atoms with E-state index >= 15 is 0 Å². The number of rotatable bonds is 7. The minimum absolute atomic E-state index is 0.237. The summed E-state index contributed by atoms with van der Waals surface area (Å²) in [7, 11) is 4.66. The summed E-state index contributed by atoms with van der Waals surface area (Å²) in [4.78, 5) is 17.3. The first-order valence-electron chi connectivity index (χ1n) is 9.35. The number of anilines is 1. The van der Waals surface area contributed by atoms with E-state index in [9.17, 15) is 4.79 Å². The Morgan fingerprint density at radius 1 is 1.03 bits per heavy atom. The second-order valence-corrected chi connectivity index (χ2v) is 8.38. The van der Waals surface area contributed by atoms with E-state index in [0.717, 1.165) is 31.4 Å². The molecule has 0 fully saturated rings. The van der Waals surface area contributed by atoms with Crippen LogP contribution in [0.2, 0.25) is 0 Å². The lowest BCUT2D eigenvalue weighted by Gasteiger charge is -2.12. The van der Waals surface area contributed by atoms with Gasteiger partial charge >= 0.3 is 0 Å². The molecular formula is C23H20N2O4S2. The fourth-order valence-corrected chi connectivity index (χ4v) is 4.94. The van der Waals surface area contributed by atoms with Gasteiger partial charge in [0.15, 0.2) is 11.5 Å². The zero-order chi connectivity index (χ0) is 21.8. The van der Waals surface area contributed by atoms with E-state index in [1.54, 1.807) is 50.9 Å². The number of thiophene rings is 1. The molecule has 0 radical (unpaired) electrons. The fraction of sp³-hybridized carbons (Fsp3) is 0.130. The van der Waals surface area contributed by atoms with Gasteiger partial charge < -0.3 is 19.5 Å². The van der Waals surface area contributed by atoms with Crippen LogP contribution >= 0.6 is 22.7 Å². The Morgan fingerprint density at radius 2 is 1.77 bits per heavy atom. The summed E-state index contributed by atoms with van der Waals surface area (Å²) in [5.41, 5.74) is 2.62. The molecule has 1 amide bonds. The van der Waals surface area contributed by atoms with Crippen molar-refractivity contribution in [3.05, 3.63) is 59.5 Å². The van der Waals surface area contributed by atoms with Gasteiger partial charge in [0.2, 0.25) is 11.7 Å². The number of carbonyl (C=O) groups excluding carboxylic acids is 1. The van der Waals surface area contributed by atoms with Crippen molar-refractivity contribution in [1.29, 1.82) is 0 Å². The lowest BCUT2D eigenvalue weighted by Crippen LogP contribution is -2.07. The lowest BCUT2D eigenvalue weighted by atomic mass is 10.1. The van der Waals surface area contributed by atoms with Gasteiger partial charge in [0, 0.05) is 11.6 Å². The second kappa shape index (κ2) is 9.20. The maximum absolute atomic E-state index is 12.6. The molecule has 31 heavy (non-hydrogen) atoms. The first kappa shape index (κ1) is 20.9. The van der Waals surface area contributed by atoms with Crippen LogP contribution in [0.25, 0.3) is 26.9 Å². The van der Waals surface area contributed by atoms with Gasteiger partial charge in [-0.3, -0.25) is 4.79 Å². The van der Waals surface area contributed by atoms with Gasteiger partial charge in [0.25, 0.3) is 0 Å². The summed E-state index contributed by atoms with van der Waals surface area (Å²) in [6, 6.07) is 13.5. The van der Waals surface area contributed by atoms with Crippen molar-refractivity contribution >= 4 is 49.9 Å². The number of benzene rings is 2. The molecule has 2 heterocycles. The van der Waals surface area contributed by atoms with Crippen LogP contribution in [0, 0.1) is 0 Å². The van der Waals surface area contributed by atoms with E-state index in [0.29, 0.717) is 17.2 Å². The molecule has 0 spiro atoms. The van der Waals surface area contributed by atoms with Crippen molar-refractivity contribution in [3.63, 3.8) is 0 Å². The van der Waals surface area contributed by atoms with Crippen molar-refractivity contribution in [2.45, 2.75) is 0 Å². The molecule has 0 saturated carbocycles. The standard InChI is InChI=1S/C23H20N2O4S2/c1-27-17-12-14(13-18(28-2)21(17)29-3)8-9-20(26)25-22-15(10-11-30-22)23-24-16-6-4-5-7-19(16)31-23/h4-13H,1-3H3,(H,25,26)/b9-8+. The average molecular weight is 453 g/mol. The number of carbonyl (C=O) groups is 1. The topological polar surface area (TPSA) is 69.7 Å². The Morgan fingerprint density at radius 3 is 2.45 bits per heavy atom. The molecule has 4 rings (SSSR count). The van der Waals surface area contributed by atoms with Gasteiger partial charge in [-0.05, 0) is 47.4 Å². The van der Waals surface area contributed by atoms with Gasteiger partial charge in [-0.15, -0.1) is 22.7 Å². The van der Waals surface area contributed by atoms with Crippen molar-refractivity contribution in [2.75, 3.05) is 26.6 Å². The number of hydrogen-bond donors (Lipinski definition) is 1. The van der Waals surface area contributed by atoms with Crippen LogP contribution in [0.4, 0.5) is 5.00 Å². The smallest absolute Gasteiger partial charge is 0.249 e. The minimum atomic E-state index is -0.237. The molecule has 1 N–H and O–H groups in total. The number of ether oxygens (including phenoxy) is 3. The van der Waals surface area contributed by atoms with Crippen LogP contribution in [0.5, 0.6) is 17.2 Å². The third kappa shape index (κ3) is 4.40. The summed E-state index contributed by atoms with van der Waals surface area (Å²) >= 11 is 3.07. The monoisotopic (exact) mass is 452 g/mol. The Balaban J connectivity index is 1.54. The van der Waals surface area contributed by atoms with E-state index in [2.05, 4.69) is 10.3 Å². The molecule has 0 aliphatic carbocycles. The number of amides is 1. The molecule has 8 heteroatoms. The second-order valence-electron chi connectivity index (χ2n) is 6.43. The number of fused-ring (bicyclic) bond motifs is 1. The third-order valence-electron chi connectivity index (χ3n) is 4.54. The summed E-state index contributed by atoms with van der Waals surface area (Å²) in [5, 5.41) is 6.54. The van der Waals surface area contributed by atoms with Gasteiger partial charge in [-0.25, -0.2) is 4.98 Å². The molecule has 2 aromatic carbocycles. The third-order valence-corrected chi connectivity index (χ3v) is 6.44. The summed E-state index contributed by atoms with van der Waals surface area (Å²) in [6.45, 7) is 0. The number of para-hydroxylation sites is 1. The summed E-state index contributed by atoms with van der Waals surface area (Å²) < 4.78 is 17.2. The molecule has 0 saturated heterocycles. The highest BCUT2D eigenvalue weighted by molar-refractivity contribution is 7.22. The van der Waals surface area contributed by atoms with E-state index in [4.69, 9.17) is 14.2 Å². The molecule has 0 bridgehead atoms. The largest absolute Gasteiger partial charge is 0.493 e. The van der Waals surface area contributed by atoms with E-state index in [-0.39, 0.29) is 5.91 Å². The minimum Gasteiger partial charge on any atom is -0.493 e. The summed E-state index contributed by atoms with van der Waals surface area (Å²) in [5.74, 6) is 1.32. The predicted octanol–water partition coefficient (Wildman–Crippen LogP) is 5.70. The zero-order valence-electron chi connectivity index (χ0n) is 17.2. The molecule has 0 aliphatic heterocycles. The number of methoxy groups -OCH3 is 3. The van der Waals surface area contributed by atoms with E-state index in [1.807, 2.05) is 35.7 Å². The van der Waals surface area contributed by atoms with E-state index in [1.165, 1.54) is 17.4 Å². The van der Waals surface area contributed by atoms with Crippen LogP contribution in [-0.2, 0) is 4.79 Å². The van der Waals surface area contributed by atoms with Crippen LogP contribution < -0.4 is 19.5 Å². The van der Waals surface area contributed by atoms with Crippen molar-refractivity contribution in [1.82, 2.24) is 4.98 Å². The highest BCUT2D eigenvalue weighted by Gasteiger charge is 2.14. The fourth-order valence-electron chi connectivity index (χ4n) is 3.08. The molecule has 0 atom stereocenters. The van der Waals surface area contributed by atoms with Crippen LogP contribution in [0.1, 0.15) is 5.56 Å². The maximum atomic E-state index is 12.6. The van der Waals surface area contributed by atoms with Gasteiger partial charge in [0.1, 0.15) is 10.0 Å². The van der Waals surface area contributed by atoms with Gasteiger partial charge in [-0.1, -0.05) is 12.1 Å². The van der Waals surface area contributed by atoms with Gasteiger partial charge in [-0.2, -0.15) is 0 Å². The maximum Gasteiger partial charge on any atom is 0.249 e. The SMILES string of the molecule is COc1cc(/C=C/C(=O)Nc2sccc2-c2nc3ccccc3s2)cc(OC)c1OC.